The van der Waals surface area contributed by atoms with Gasteiger partial charge in [-0.15, -0.1) is 22.7 Å². The van der Waals surface area contributed by atoms with Crippen LogP contribution in [0.25, 0.3) is 0 Å². The number of rotatable bonds is 6. The van der Waals surface area contributed by atoms with Gasteiger partial charge in [-0.05, 0) is 28.5 Å². The van der Waals surface area contributed by atoms with Crippen LogP contribution in [0.5, 0.6) is 0 Å². The molecule has 22 heavy (non-hydrogen) atoms. The van der Waals surface area contributed by atoms with E-state index in [-0.39, 0.29) is 11.9 Å². The van der Waals surface area contributed by atoms with Crippen molar-refractivity contribution in [1.29, 1.82) is 0 Å². The maximum absolute atomic E-state index is 12.5. The van der Waals surface area contributed by atoms with Crippen molar-refractivity contribution in [2.75, 3.05) is 6.61 Å². The Labute approximate surface area is 138 Å². The Morgan fingerprint density at radius 2 is 1.55 bits per heavy atom. The van der Waals surface area contributed by atoms with Gasteiger partial charge in [0.15, 0.2) is 0 Å². The van der Waals surface area contributed by atoms with Crippen molar-refractivity contribution >= 4 is 28.6 Å². The van der Waals surface area contributed by atoms with Gasteiger partial charge in [-0.3, -0.25) is 4.79 Å². The summed E-state index contributed by atoms with van der Waals surface area (Å²) in [5.41, 5.74) is 1.18. The van der Waals surface area contributed by atoms with Crippen molar-refractivity contribution in [2.24, 2.45) is 0 Å². The molecular formula is C18H16O2S2. The van der Waals surface area contributed by atoms with E-state index in [0.29, 0.717) is 6.61 Å². The molecule has 0 radical (unpaired) electrons. The Balaban J connectivity index is 1.66. The number of hydrogen-bond acceptors (Lipinski definition) is 4. The minimum atomic E-state index is -0.296. The summed E-state index contributed by atoms with van der Waals surface area (Å²) in [6, 6.07) is 18.0. The number of carbonyl (C=O) groups excluding carboxylic acids is 1. The van der Waals surface area contributed by atoms with Crippen LogP contribution in [0.1, 0.15) is 21.2 Å². The fourth-order valence-corrected chi connectivity index (χ4v) is 4.02. The zero-order chi connectivity index (χ0) is 15.2. The number of hydrogen-bond donors (Lipinski definition) is 0. The lowest BCUT2D eigenvalue weighted by Gasteiger charge is -2.13. The molecule has 0 spiro atoms. The van der Waals surface area contributed by atoms with Crippen LogP contribution in [-0.2, 0) is 16.0 Å². The molecular weight excluding hydrogens is 312 g/mol. The lowest BCUT2D eigenvalue weighted by Crippen LogP contribution is -2.17. The summed E-state index contributed by atoms with van der Waals surface area (Å²) >= 11 is 3.19. The van der Waals surface area contributed by atoms with Crippen molar-refractivity contribution in [3.8, 4) is 0 Å². The highest BCUT2D eigenvalue weighted by Crippen LogP contribution is 2.32. The Kier molecular flexibility index (Phi) is 5.03. The van der Waals surface area contributed by atoms with Crippen LogP contribution in [-0.4, -0.2) is 12.6 Å². The van der Waals surface area contributed by atoms with E-state index in [4.69, 9.17) is 4.74 Å². The van der Waals surface area contributed by atoms with Crippen molar-refractivity contribution in [2.45, 2.75) is 12.3 Å². The third kappa shape index (κ3) is 3.64. The van der Waals surface area contributed by atoms with E-state index in [2.05, 4.69) is 0 Å². The molecule has 0 fully saturated rings. The Morgan fingerprint density at radius 3 is 2.09 bits per heavy atom. The summed E-state index contributed by atoms with van der Waals surface area (Å²) in [6.07, 6.45) is 0.744. The molecule has 0 bridgehead atoms. The van der Waals surface area contributed by atoms with Crippen LogP contribution < -0.4 is 0 Å². The molecule has 1 aromatic carbocycles. The summed E-state index contributed by atoms with van der Waals surface area (Å²) in [5.74, 6) is -0.461. The van der Waals surface area contributed by atoms with Gasteiger partial charge in [0, 0.05) is 16.2 Å². The monoisotopic (exact) mass is 328 g/mol. The van der Waals surface area contributed by atoms with E-state index in [0.717, 1.165) is 16.2 Å². The molecule has 4 heteroatoms. The van der Waals surface area contributed by atoms with Crippen molar-refractivity contribution in [3.05, 3.63) is 80.7 Å². The average molecular weight is 328 g/mol. The first-order chi connectivity index (χ1) is 10.8. The molecule has 0 saturated heterocycles. The average Bonchev–Trinajstić information content (AvgIpc) is 3.23. The molecule has 0 amide bonds. The van der Waals surface area contributed by atoms with Crippen LogP contribution in [0.4, 0.5) is 0 Å². The van der Waals surface area contributed by atoms with Gasteiger partial charge in [0.2, 0.25) is 0 Å². The number of carbonyl (C=O) groups is 1. The molecule has 3 aromatic rings. The van der Waals surface area contributed by atoms with Gasteiger partial charge in [0.1, 0.15) is 5.92 Å². The molecule has 2 heterocycles. The van der Waals surface area contributed by atoms with Gasteiger partial charge in [-0.1, -0.05) is 42.5 Å². The molecule has 112 valence electrons. The standard InChI is InChI=1S/C18H16O2S2/c19-18(20-11-10-14-6-2-1-3-7-14)17(15-8-4-12-21-15)16-9-5-13-22-16/h1-9,12-13,17H,10-11H2. The first-order valence-corrected chi connectivity index (χ1v) is 8.88. The van der Waals surface area contributed by atoms with Crippen LogP contribution in [0.2, 0.25) is 0 Å². The maximum atomic E-state index is 12.5. The van der Waals surface area contributed by atoms with Crippen molar-refractivity contribution in [1.82, 2.24) is 0 Å². The fourth-order valence-electron chi connectivity index (χ4n) is 2.28. The van der Waals surface area contributed by atoms with E-state index in [1.54, 1.807) is 22.7 Å². The molecule has 2 nitrogen and oxygen atoms in total. The predicted octanol–water partition coefficient (Wildman–Crippen LogP) is 4.73. The first kappa shape index (κ1) is 15.0. The van der Waals surface area contributed by atoms with E-state index >= 15 is 0 Å². The minimum Gasteiger partial charge on any atom is -0.465 e. The number of esters is 1. The van der Waals surface area contributed by atoms with Crippen LogP contribution >= 0.6 is 22.7 Å². The molecule has 0 aliphatic carbocycles. The SMILES string of the molecule is O=C(OCCc1ccccc1)C(c1cccs1)c1cccs1. The molecule has 0 atom stereocenters. The number of thiophene rings is 2. The molecule has 0 N–H and O–H groups in total. The third-order valence-corrected chi connectivity index (χ3v) is 5.24. The summed E-state index contributed by atoms with van der Waals surface area (Å²) in [7, 11) is 0. The van der Waals surface area contributed by atoms with Gasteiger partial charge < -0.3 is 4.74 Å². The van der Waals surface area contributed by atoms with E-state index in [1.807, 2.05) is 65.4 Å². The number of benzene rings is 1. The third-order valence-electron chi connectivity index (χ3n) is 3.37. The molecule has 0 unspecified atom stereocenters. The van der Waals surface area contributed by atoms with E-state index in [1.165, 1.54) is 5.56 Å². The highest BCUT2D eigenvalue weighted by atomic mass is 32.1. The summed E-state index contributed by atoms with van der Waals surface area (Å²) in [4.78, 5) is 14.6. The van der Waals surface area contributed by atoms with E-state index < -0.39 is 0 Å². The van der Waals surface area contributed by atoms with Crippen LogP contribution in [0.3, 0.4) is 0 Å². The molecule has 0 saturated carbocycles. The van der Waals surface area contributed by atoms with E-state index in [9.17, 15) is 4.79 Å². The fraction of sp³-hybridized carbons (Fsp3) is 0.167. The second-order valence-corrected chi connectivity index (χ2v) is 6.83. The summed E-state index contributed by atoms with van der Waals surface area (Å²) < 4.78 is 5.53. The Bertz CT molecular complexity index is 654. The van der Waals surface area contributed by atoms with Crippen molar-refractivity contribution in [3.63, 3.8) is 0 Å². The number of ether oxygens (including phenoxy) is 1. The molecule has 2 aromatic heterocycles. The normalized spacial score (nSPS) is 10.8. The predicted molar refractivity (Wildman–Crippen MR) is 91.6 cm³/mol. The van der Waals surface area contributed by atoms with Gasteiger partial charge >= 0.3 is 5.97 Å². The lowest BCUT2D eigenvalue weighted by atomic mass is 10.1. The summed E-state index contributed by atoms with van der Waals surface area (Å²) in [6.45, 7) is 0.413. The smallest absolute Gasteiger partial charge is 0.319 e. The first-order valence-electron chi connectivity index (χ1n) is 7.12. The zero-order valence-electron chi connectivity index (χ0n) is 12.0. The zero-order valence-corrected chi connectivity index (χ0v) is 13.6. The molecule has 0 aliphatic heterocycles. The minimum absolute atomic E-state index is 0.166. The van der Waals surface area contributed by atoms with Gasteiger partial charge in [-0.25, -0.2) is 0 Å². The second-order valence-electron chi connectivity index (χ2n) is 4.87. The topological polar surface area (TPSA) is 26.3 Å². The largest absolute Gasteiger partial charge is 0.465 e. The van der Waals surface area contributed by atoms with Crippen molar-refractivity contribution < 1.29 is 9.53 Å². The molecule has 0 aliphatic rings. The summed E-state index contributed by atoms with van der Waals surface area (Å²) in [5, 5.41) is 3.99. The van der Waals surface area contributed by atoms with Crippen LogP contribution in [0, 0.1) is 0 Å². The lowest BCUT2D eigenvalue weighted by molar-refractivity contribution is -0.144. The highest BCUT2D eigenvalue weighted by Gasteiger charge is 2.26. The Morgan fingerprint density at radius 1 is 0.909 bits per heavy atom. The maximum Gasteiger partial charge on any atom is 0.319 e. The van der Waals surface area contributed by atoms with Crippen LogP contribution in [0.15, 0.2) is 65.4 Å². The Hall–Kier alpha value is -1.91. The quantitative estimate of drug-likeness (QED) is 0.612. The highest BCUT2D eigenvalue weighted by molar-refractivity contribution is 7.11. The van der Waals surface area contributed by atoms with Gasteiger partial charge in [0.25, 0.3) is 0 Å². The van der Waals surface area contributed by atoms with Gasteiger partial charge in [0.05, 0.1) is 6.61 Å². The molecule has 3 rings (SSSR count). The second kappa shape index (κ2) is 7.38. The van der Waals surface area contributed by atoms with Gasteiger partial charge in [-0.2, -0.15) is 0 Å².